The lowest BCUT2D eigenvalue weighted by Gasteiger charge is -2.11. The van der Waals surface area contributed by atoms with Gasteiger partial charge in [-0.2, -0.15) is 0 Å². The van der Waals surface area contributed by atoms with Crippen LogP contribution in [-0.2, 0) is 0 Å². The van der Waals surface area contributed by atoms with Gasteiger partial charge in [-0.05, 0) is 64.5 Å². The van der Waals surface area contributed by atoms with Gasteiger partial charge in [0, 0.05) is 22.3 Å². The van der Waals surface area contributed by atoms with Gasteiger partial charge in [-0.25, -0.2) is 0 Å². The molecule has 2 N–H and O–H groups in total. The second kappa shape index (κ2) is 8.11. The van der Waals surface area contributed by atoms with Crippen molar-refractivity contribution in [1.29, 1.82) is 0 Å². The minimum atomic E-state index is -0.474. The number of aromatic hydroxyl groups is 1. The second-order valence-electron chi connectivity index (χ2n) is 6.20. The van der Waals surface area contributed by atoms with E-state index in [0.717, 1.165) is 10.9 Å². The van der Waals surface area contributed by atoms with E-state index < -0.39 is 5.91 Å². The minimum Gasteiger partial charge on any atom is -0.506 e. The van der Waals surface area contributed by atoms with Crippen LogP contribution < -0.4 is 10.1 Å². The number of pyridine rings is 1. The van der Waals surface area contributed by atoms with Crippen LogP contribution in [0.2, 0.25) is 5.02 Å². The molecule has 7 heteroatoms. The Morgan fingerprint density at radius 1 is 1.07 bits per heavy atom. The summed E-state index contributed by atoms with van der Waals surface area (Å²) in [7, 11) is 0. The Labute approximate surface area is 180 Å². The quantitative estimate of drug-likeness (QED) is 0.363. The van der Waals surface area contributed by atoms with Crippen LogP contribution >= 0.6 is 27.5 Å². The molecule has 0 saturated carbocycles. The summed E-state index contributed by atoms with van der Waals surface area (Å²) in [5.41, 5.74) is 1.40. The maximum atomic E-state index is 12.5. The molecule has 1 aromatic heterocycles. The SMILES string of the molecule is O=C(Nc1ccc(Oc2cccc3cccnc23)cc1)c1cc(Cl)cc(Br)c1O. The third kappa shape index (κ3) is 4.18. The first-order valence-corrected chi connectivity index (χ1v) is 9.79. The summed E-state index contributed by atoms with van der Waals surface area (Å²) in [6.07, 6.45) is 1.72. The summed E-state index contributed by atoms with van der Waals surface area (Å²) in [6, 6.07) is 19.4. The number of benzene rings is 3. The number of para-hydroxylation sites is 1. The fraction of sp³-hybridized carbons (Fsp3) is 0. The van der Waals surface area contributed by atoms with Crippen LogP contribution in [0.15, 0.2) is 77.4 Å². The first-order chi connectivity index (χ1) is 14.0. The van der Waals surface area contributed by atoms with Crippen molar-refractivity contribution < 1.29 is 14.6 Å². The Morgan fingerprint density at radius 3 is 2.62 bits per heavy atom. The first-order valence-electron chi connectivity index (χ1n) is 8.62. The molecule has 0 unspecified atom stereocenters. The molecular formula is C22H14BrClN2O3. The molecule has 3 aromatic carbocycles. The molecule has 0 aliphatic rings. The molecule has 144 valence electrons. The van der Waals surface area contributed by atoms with Crippen LogP contribution in [0.3, 0.4) is 0 Å². The maximum absolute atomic E-state index is 12.5. The zero-order chi connectivity index (χ0) is 20.4. The molecule has 5 nitrogen and oxygen atoms in total. The van der Waals surface area contributed by atoms with E-state index in [1.165, 1.54) is 12.1 Å². The van der Waals surface area contributed by atoms with Gasteiger partial charge in [0.2, 0.25) is 0 Å². The van der Waals surface area contributed by atoms with Crippen LogP contribution in [0.5, 0.6) is 17.2 Å². The van der Waals surface area contributed by atoms with E-state index in [9.17, 15) is 9.90 Å². The number of rotatable bonds is 4. The van der Waals surface area contributed by atoms with Crippen molar-refractivity contribution in [1.82, 2.24) is 4.98 Å². The molecule has 1 amide bonds. The summed E-state index contributed by atoms with van der Waals surface area (Å²) in [5.74, 6) is 0.607. The number of amides is 1. The first kappa shape index (κ1) is 19.2. The zero-order valence-electron chi connectivity index (χ0n) is 14.9. The Morgan fingerprint density at radius 2 is 1.83 bits per heavy atom. The summed E-state index contributed by atoms with van der Waals surface area (Å²) < 4.78 is 6.30. The smallest absolute Gasteiger partial charge is 0.259 e. The van der Waals surface area contributed by atoms with Gasteiger partial charge in [0.15, 0.2) is 5.75 Å². The van der Waals surface area contributed by atoms with E-state index in [1.54, 1.807) is 30.5 Å². The average molecular weight is 470 g/mol. The van der Waals surface area contributed by atoms with Crippen LogP contribution in [0.4, 0.5) is 5.69 Å². The van der Waals surface area contributed by atoms with Crippen molar-refractivity contribution in [2.45, 2.75) is 0 Å². The maximum Gasteiger partial charge on any atom is 0.259 e. The van der Waals surface area contributed by atoms with E-state index in [-0.39, 0.29) is 11.3 Å². The highest BCUT2D eigenvalue weighted by molar-refractivity contribution is 9.10. The van der Waals surface area contributed by atoms with Gasteiger partial charge in [0.1, 0.15) is 17.0 Å². The predicted octanol–water partition coefficient (Wildman–Crippen LogP) is 6.40. The number of fused-ring (bicyclic) bond motifs is 1. The number of phenolic OH excluding ortho intramolecular Hbond substituents is 1. The van der Waals surface area contributed by atoms with Crippen molar-refractivity contribution in [3.63, 3.8) is 0 Å². The van der Waals surface area contributed by atoms with Gasteiger partial charge in [0.25, 0.3) is 5.91 Å². The van der Waals surface area contributed by atoms with Crippen molar-refractivity contribution >= 4 is 50.0 Å². The van der Waals surface area contributed by atoms with Crippen LogP contribution in [0, 0.1) is 0 Å². The van der Waals surface area contributed by atoms with Crippen LogP contribution in [0.25, 0.3) is 10.9 Å². The average Bonchev–Trinajstić information content (AvgIpc) is 2.72. The molecule has 0 fully saturated rings. The Kier molecular flexibility index (Phi) is 5.38. The molecule has 0 bridgehead atoms. The molecule has 0 saturated heterocycles. The van der Waals surface area contributed by atoms with Crippen molar-refractivity contribution in [3.05, 3.63) is 88.0 Å². The van der Waals surface area contributed by atoms with Crippen LogP contribution in [-0.4, -0.2) is 16.0 Å². The Balaban J connectivity index is 1.52. The molecule has 0 aliphatic carbocycles. The highest BCUT2D eigenvalue weighted by Crippen LogP contribution is 2.32. The van der Waals surface area contributed by atoms with Gasteiger partial charge >= 0.3 is 0 Å². The number of aromatic nitrogens is 1. The van der Waals surface area contributed by atoms with E-state index in [0.29, 0.717) is 26.7 Å². The molecule has 1 heterocycles. The molecule has 0 radical (unpaired) electrons. The number of nitrogens with one attached hydrogen (secondary N) is 1. The molecule has 4 rings (SSSR count). The number of carbonyl (C=O) groups excluding carboxylic acids is 1. The number of phenols is 1. The fourth-order valence-electron chi connectivity index (χ4n) is 2.83. The van der Waals surface area contributed by atoms with Crippen molar-refractivity contribution in [3.8, 4) is 17.2 Å². The molecule has 0 aliphatic heterocycles. The lowest BCUT2D eigenvalue weighted by atomic mass is 10.2. The summed E-state index contributed by atoms with van der Waals surface area (Å²) in [4.78, 5) is 16.8. The fourth-order valence-corrected chi connectivity index (χ4v) is 3.64. The predicted molar refractivity (Wildman–Crippen MR) is 117 cm³/mol. The summed E-state index contributed by atoms with van der Waals surface area (Å²) >= 11 is 9.14. The molecule has 0 atom stereocenters. The lowest BCUT2D eigenvalue weighted by molar-refractivity contribution is 0.102. The number of ether oxygens (including phenoxy) is 1. The molecule has 0 spiro atoms. The monoisotopic (exact) mass is 468 g/mol. The van der Waals surface area contributed by atoms with Crippen molar-refractivity contribution in [2.75, 3.05) is 5.32 Å². The second-order valence-corrected chi connectivity index (χ2v) is 7.49. The highest BCUT2D eigenvalue weighted by atomic mass is 79.9. The minimum absolute atomic E-state index is 0.0755. The third-order valence-corrected chi connectivity index (χ3v) is 5.03. The van der Waals surface area contributed by atoms with Crippen molar-refractivity contribution in [2.24, 2.45) is 0 Å². The third-order valence-electron chi connectivity index (χ3n) is 4.21. The number of halogens is 2. The molecule has 29 heavy (non-hydrogen) atoms. The number of hydrogen-bond donors (Lipinski definition) is 2. The standard InChI is InChI=1S/C22H14BrClN2O3/c23-18-12-14(24)11-17(21(18)27)22(28)26-15-6-8-16(9-7-15)29-19-5-1-3-13-4-2-10-25-20(13)19/h1-12,27H,(H,26,28). The van der Waals surface area contributed by atoms with Gasteiger partial charge in [-0.1, -0.05) is 29.8 Å². The summed E-state index contributed by atoms with van der Waals surface area (Å²) in [5, 5.41) is 14.1. The Bertz CT molecular complexity index is 1210. The largest absolute Gasteiger partial charge is 0.506 e. The van der Waals surface area contributed by atoms with E-state index in [1.807, 2.05) is 30.3 Å². The molecule has 4 aromatic rings. The lowest BCUT2D eigenvalue weighted by Crippen LogP contribution is -2.12. The number of carbonyl (C=O) groups is 1. The molecular weight excluding hydrogens is 456 g/mol. The summed E-state index contributed by atoms with van der Waals surface area (Å²) in [6.45, 7) is 0. The van der Waals surface area contributed by atoms with E-state index >= 15 is 0 Å². The number of anilines is 1. The number of nitrogens with zero attached hydrogens (tertiary/aromatic N) is 1. The van der Waals surface area contributed by atoms with E-state index in [4.69, 9.17) is 16.3 Å². The normalized spacial score (nSPS) is 10.7. The Hall–Kier alpha value is -3.09. The van der Waals surface area contributed by atoms with Crippen LogP contribution in [0.1, 0.15) is 10.4 Å². The van der Waals surface area contributed by atoms with Gasteiger partial charge in [-0.15, -0.1) is 0 Å². The van der Waals surface area contributed by atoms with E-state index in [2.05, 4.69) is 26.2 Å². The van der Waals surface area contributed by atoms with Gasteiger partial charge in [0.05, 0.1) is 10.0 Å². The topological polar surface area (TPSA) is 71.5 Å². The zero-order valence-corrected chi connectivity index (χ0v) is 17.2. The highest BCUT2D eigenvalue weighted by Gasteiger charge is 2.15. The number of hydrogen-bond acceptors (Lipinski definition) is 4. The van der Waals surface area contributed by atoms with Gasteiger partial charge in [-0.3, -0.25) is 9.78 Å². The van der Waals surface area contributed by atoms with Gasteiger partial charge < -0.3 is 15.2 Å².